The molecule has 3 aliphatic rings. The zero-order valence-corrected chi connectivity index (χ0v) is 18.6. The van der Waals surface area contributed by atoms with Crippen LogP contribution < -0.4 is 15.0 Å². The quantitative estimate of drug-likeness (QED) is 0.678. The van der Waals surface area contributed by atoms with E-state index in [0.717, 1.165) is 4.90 Å². The maximum Gasteiger partial charge on any atom is 0.325 e. The molecule has 0 radical (unpaired) electrons. The monoisotopic (exact) mass is 469 g/mol. The van der Waals surface area contributed by atoms with Crippen LogP contribution in [-0.4, -0.2) is 61.9 Å². The van der Waals surface area contributed by atoms with E-state index < -0.39 is 45.8 Å². The third kappa shape index (κ3) is 3.64. The number of amides is 4. The van der Waals surface area contributed by atoms with E-state index in [1.807, 2.05) is 0 Å². The van der Waals surface area contributed by atoms with Gasteiger partial charge < -0.3 is 15.0 Å². The van der Waals surface area contributed by atoms with E-state index in [4.69, 9.17) is 4.74 Å². The summed E-state index contributed by atoms with van der Waals surface area (Å²) in [6.45, 7) is -0.234. The summed E-state index contributed by atoms with van der Waals surface area (Å²) < 4.78 is 29.8. The van der Waals surface area contributed by atoms with E-state index in [-0.39, 0.29) is 24.5 Å². The van der Waals surface area contributed by atoms with Gasteiger partial charge in [0.05, 0.1) is 24.2 Å². The Morgan fingerprint density at radius 3 is 2.58 bits per heavy atom. The first-order valence-electron chi connectivity index (χ1n) is 10.7. The highest BCUT2D eigenvalue weighted by molar-refractivity contribution is 7.91. The minimum atomic E-state index is -3.25. The van der Waals surface area contributed by atoms with Gasteiger partial charge in [-0.3, -0.25) is 14.5 Å². The lowest BCUT2D eigenvalue weighted by molar-refractivity contribution is -0.135. The minimum Gasteiger partial charge on any atom is -0.493 e. The molecule has 1 spiro atoms. The standard InChI is InChI=1S/C23H23N3O6S/c27-20(26(16-6-2-1-3-7-16)17-10-13-33(30,31)15-17)14-25-21(28)23(24-22(25)29)11-12-32-19-9-5-4-8-18(19)23/h1-9,17H,10-15H2,(H,24,29)/t17-,23-/m1/s1. The van der Waals surface area contributed by atoms with Gasteiger partial charge in [0.1, 0.15) is 12.3 Å². The highest BCUT2D eigenvalue weighted by Crippen LogP contribution is 2.41. The Hall–Kier alpha value is -3.40. The van der Waals surface area contributed by atoms with Gasteiger partial charge in [0.15, 0.2) is 15.4 Å². The van der Waals surface area contributed by atoms with Crippen molar-refractivity contribution in [3.05, 3.63) is 60.2 Å². The van der Waals surface area contributed by atoms with E-state index in [9.17, 15) is 22.8 Å². The van der Waals surface area contributed by atoms with Crippen LogP contribution in [0.5, 0.6) is 5.75 Å². The molecule has 2 aromatic rings. The van der Waals surface area contributed by atoms with Gasteiger partial charge in [-0.05, 0) is 24.6 Å². The Balaban J connectivity index is 1.44. The Morgan fingerprint density at radius 2 is 1.85 bits per heavy atom. The molecule has 2 atom stereocenters. The van der Waals surface area contributed by atoms with Crippen molar-refractivity contribution in [2.45, 2.75) is 24.4 Å². The highest BCUT2D eigenvalue weighted by Gasteiger charge is 2.55. The van der Waals surface area contributed by atoms with Crippen LogP contribution in [-0.2, 0) is 25.0 Å². The molecule has 2 aromatic carbocycles. The van der Waals surface area contributed by atoms with Gasteiger partial charge in [0.2, 0.25) is 5.91 Å². The Labute approximate surface area is 191 Å². The number of carbonyl (C=O) groups excluding carboxylic acids is 3. The maximum atomic E-state index is 13.5. The van der Waals surface area contributed by atoms with Crippen molar-refractivity contribution in [3.63, 3.8) is 0 Å². The topological polar surface area (TPSA) is 113 Å². The number of para-hydroxylation sites is 2. The maximum absolute atomic E-state index is 13.5. The lowest BCUT2D eigenvalue weighted by atomic mass is 9.84. The molecule has 0 aliphatic carbocycles. The average Bonchev–Trinajstić information content (AvgIpc) is 3.27. The second-order valence-corrected chi connectivity index (χ2v) is 10.7. The first kappa shape index (κ1) is 21.4. The molecule has 0 saturated carbocycles. The summed E-state index contributed by atoms with van der Waals surface area (Å²) in [6.07, 6.45) is 0.556. The molecule has 1 N–H and O–H groups in total. The number of nitrogens with zero attached hydrogens (tertiary/aromatic N) is 2. The van der Waals surface area contributed by atoms with Crippen LogP contribution >= 0.6 is 0 Å². The normalized spacial score (nSPS) is 25.5. The van der Waals surface area contributed by atoms with Gasteiger partial charge >= 0.3 is 6.03 Å². The Bertz CT molecular complexity index is 1230. The van der Waals surface area contributed by atoms with Crippen molar-refractivity contribution in [2.75, 3.05) is 29.6 Å². The van der Waals surface area contributed by atoms with Crippen molar-refractivity contribution in [1.29, 1.82) is 0 Å². The second kappa shape index (κ2) is 7.87. The molecule has 3 heterocycles. The third-order valence-corrected chi connectivity index (χ3v) is 8.18. The summed E-state index contributed by atoms with van der Waals surface area (Å²) in [7, 11) is -3.25. The number of sulfone groups is 1. The van der Waals surface area contributed by atoms with Crippen LogP contribution in [0, 0.1) is 0 Å². The summed E-state index contributed by atoms with van der Waals surface area (Å²) in [6, 6.07) is 14.5. The number of rotatable bonds is 4. The molecule has 0 bridgehead atoms. The summed E-state index contributed by atoms with van der Waals surface area (Å²) in [5.41, 5.74) is -0.186. The van der Waals surface area contributed by atoms with Gasteiger partial charge in [-0.2, -0.15) is 0 Å². The van der Waals surface area contributed by atoms with E-state index >= 15 is 0 Å². The molecule has 4 amide bonds. The fraction of sp³-hybridized carbons (Fsp3) is 0.348. The van der Waals surface area contributed by atoms with Crippen LogP contribution in [0.1, 0.15) is 18.4 Å². The van der Waals surface area contributed by atoms with Gasteiger partial charge in [0, 0.05) is 17.7 Å². The first-order chi connectivity index (χ1) is 15.8. The highest BCUT2D eigenvalue weighted by atomic mass is 32.2. The largest absolute Gasteiger partial charge is 0.493 e. The van der Waals surface area contributed by atoms with E-state index in [1.165, 1.54) is 4.90 Å². The molecule has 172 valence electrons. The summed E-state index contributed by atoms with van der Waals surface area (Å²) in [4.78, 5) is 42.1. The summed E-state index contributed by atoms with van der Waals surface area (Å²) in [5.74, 6) is -0.653. The lowest BCUT2D eigenvalue weighted by Gasteiger charge is -2.33. The minimum absolute atomic E-state index is 0.00267. The lowest BCUT2D eigenvalue weighted by Crippen LogP contribution is -2.50. The van der Waals surface area contributed by atoms with Crippen LogP contribution in [0.4, 0.5) is 10.5 Å². The van der Waals surface area contributed by atoms with Crippen LogP contribution in [0.25, 0.3) is 0 Å². The SMILES string of the molecule is O=C1N[C@@]2(CCOc3ccccc32)C(=O)N1CC(=O)N(c1ccccc1)[C@@H]1CCS(=O)(=O)C1. The number of carbonyl (C=O) groups is 3. The van der Waals surface area contributed by atoms with Crippen molar-refractivity contribution < 1.29 is 27.5 Å². The number of imide groups is 1. The Kier molecular flexibility index (Phi) is 5.12. The molecule has 2 fully saturated rings. The van der Waals surface area contributed by atoms with E-state index in [1.54, 1.807) is 54.6 Å². The number of fused-ring (bicyclic) bond motifs is 2. The zero-order chi connectivity index (χ0) is 23.2. The van der Waals surface area contributed by atoms with E-state index in [0.29, 0.717) is 23.4 Å². The molecule has 2 saturated heterocycles. The fourth-order valence-corrected chi connectivity index (χ4v) is 6.55. The number of benzene rings is 2. The zero-order valence-electron chi connectivity index (χ0n) is 17.8. The van der Waals surface area contributed by atoms with Crippen molar-refractivity contribution >= 4 is 33.4 Å². The first-order valence-corrected chi connectivity index (χ1v) is 12.6. The molecule has 10 heteroatoms. The molecule has 0 aromatic heterocycles. The number of hydrogen-bond acceptors (Lipinski definition) is 6. The van der Waals surface area contributed by atoms with Crippen molar-refractivity contribution in [1.82, 2.24) is 10.2 Å². The molecule has 0 unspecified atom stereocenters. The van der Waals surface area contributed by atoms with Gasteiger partial charge in [-0.15, -0.1) is 0 Å². The van der Waals surface area contributed by atoms with Crippen molar-refractivity contribution in [2.24, 2.45) is 0 Å². The van der Waals surface area contributed by atoms with Crippen LogP contribution in [0.15, 0.2) is 54.6 Å². The average molecular weight is 470 g/mol. The molecular weight excluding hydrogens is 446 g/mol. The fourth-order valence-electron chi connectivity index (χ4n) is 4.85. The number of anilines is 1. The van der Waals surface area contributed by atoms with Crippen LogP contribution in [0.3, 0.4) is 0 Å². The molecule has 3 aliphatic heterocycles. The van der Waals surface area contributed by atoms with Gasteiger partial charge in [-0.1, -0.05) is 36.4 Å². The Morgan fingerprint density at radius 1 is 1.12 bits per heavy atom. The van der Waals surface area contributed by atoms with Gasteiger partial charge in [0.25, 0.3) is 5.91 Å². The predicted molar refractivity (Wildman–Crippen MR) is 119 cm³/mol. The molecule has 9 nitrogen and oxygen atoms in total. The molecule has 5 rings (SSSR count). The number of ether oxygens (including phenoxy) is 1. The number of nitrogens with one attached hydrogen (secondary N) is 1. The summed E-state index contributed by atoms with van der Waals surface area (Å²) >= 11 is 0. The van der Waals surface area contributed by atoms with Crippen molar-refractivity contribution in [3.8, 4) is 5.75 Å². The smallest absolute Gasteiger partial charge is 0.325 e. The van der Waals surface area contributed by atoms with Crippen LogP contribution in [0.2, 0.25) is 0 Å². The number of urea groups is 1. The third-order valence-electron chi connectivity index (χ3n) is 6.43. The molecular formula is C23H23N3O6S. The van der Waals surface area contributed by atoms with Gasteiger partial charge in [-0.25, -0.2) is 13.2 Å². The summed E-state index contributed by atoms with van der Waals surface area (Å²) in [5, 5.41) is 2.78. The van der Waals surface area contributed by atoms with E-state index in [2.05, 4.69) is 5.32 Å². The predicted octanol–water partition coefficient (Wildman–Crippen LogP) is 1.44. The number of hydrogen-bond donors (Lipinski definition) is 1. The second-order valence-electron chi connectivity index (χ2n) is 8.48. The molecule has 33 heavy (non-hydrogen) atoms.